The lowest BCUT2D eigenvalue weighted by Crippen LogP contribution is -2.54. The van der Waals surface area contributed by atoms with Crippen LogP contribution in [0.1, 0.15) is 50.6 Å². The monoisotopic (exact) mass is 315 g/mol. The Morgan fingerprint density at radius 1 is 1.26 bits per heavy atom. The number of likely N-dealkylation sites (tertiary alicyclic amines) is 1. The first-order chi connectivity index (χ1) is 11.2. The average Bonchev–Trinajstić information content (AvgIpc) is 3.28. The Kier molecular flexibility index (Phi) is 5.34. The van der Waals surface area contributed by atoms with Crippen molar-refractivity contribution in [3.8, 4) is 0 Å². The Hall–Kier alpha value is -1.39. The maximum atomic E-state index is 12.8. The highest BCUT2D eigenvalue weighted by molar-refractivity contribution is 5.86. The number of hydrogen-bond acceptors (Lipinski definition) is 3. The molecule has 1 aromatic carbocycles. The van der Waals surface area contributed by atoms with Crippen molar-refractivity contribution in [3.63, 3.8) is 0 Å². The maximum absolute atomic E-state index is 12.8. The van der Waals surface area contributed by atoms with E-state index in [2.05, 4.69) is 52.8 Å². The summed E-state index contributed by atoms with van der Waals surface area (Å²) >= 11 is 0. The molecule has 1 aromatic rings. The average molecular weight is 315 g/mol. The number of nitrogens with one attached hydrogen (secondary N) is 2. The third-order valence-electron chi connectivity index (χ3n) is 5.50. The van der Waals surface area contributed by atoms with Gasteiger partial charge in [-0.25, -0.2) is 0 Å². The molecule has 23 heavy (non-hydrogen) atoms. The lowest BCUT2D eigenvalue weighted by molar-refractivity contribution is -0.127. The van der Waals surface area contributed by atoms with Crippen LogP contribution in [-0.2, 0) is 4.79 Å². The molecule has 2 saturated heterocycles. The van der Waals surface area contributed by atoms with Gasteiger partial charge in [0.1, 0.15) is 0 Å². The molecule has 2 aliphatic rings. The molecule has 0 bridgehead atoms. The molecule has 2 heterocycles. The SMILES string of the molecule is CCC1(C(=O)NCC(c2ccccc2)N2CCCC2)CCCN1. The molecule has 4 nitrogen and oxygen atoms in total. The molecular formula is C19H29N3O. The highest BCUT2D eigenvalue weighted by Crippen LogP contribution is 2.26. The minimum absolute atomic E-state index is 0.178. The number of benzene rings is 1. The van der Waals surface area contributed by atoms with Gasteiger partial charge in [-0.2, -0.15) is 0 Å². The Labute approximate surface area is 139 Å². The van der Waals surface area contributed by atoms with Crippen LogP contribution in [0.3, 0.4) is 0 Å². The van der Waals surface area contributed by atoms with E-state index in [-0.39, 0.29) is 17.5 Å². The fourth-order valence-corrected chi connectivity index (χ4v) is 4.01. The van der Waals surface area contributed by atoms with Crippen LogP contribution in [0, 0.1) is 0 Å². The second kappa shape index (κ2) is 7.45. The molecule has 4 heteroatoms. The van der Waals surface area contributed by atoms with Crippen LogP contribution < -0.4 is 10.6 Å². The number of carbonyl (C=O) groups excluding carboxylic acids is 1. The summed E-state index contributed by atoms with van der Waals surface area (Å²) < 4.78 is 0. The van der Waals surface area contributed by atoms with Gasteiger partial charge >= 0.3 is 0 Å². The van der Waals surface area contributed by atoms with E-state index < -0.39 is 0 Å². The van der Waals surface area contributed by atoms with Gasteiger partial charge in [-0.3, -0.25) is 9.69 Å². The van der Waals surface area contributed by atoms with Gasteiger partial charge in [-0.15, -0.1) is 0 Å². The van der Waals surface area contributed by atoms with E-state index >= 15 is 0 Å². The first kappa shape index (κ1) is 16.5. The van der Waals surface area contributed by atoms with Gasteiger partial charge in [-0.05, 0) is 57.3 Å². The fraction of sp³-hybridized carbons (Fsp3) is 0.632. The van der Waals surface area contributed by atoms with Crippen LogP contribution in [-0.4, -0.2) is 42.5 Å². The molecule has 0 aliphatic carbocycles. The molecule has 2 unspecified atom stereocenters. The summed E-state index contributed by atoms with van der Waals surface area (Å²) in [7, 11) is 0. The molecule has 0 aromatic heterocycles. The van der Waals surface area contributed by atoms with Crippen molar-refractivity contribution in [2.24, 2.45) is 0 Å². The molecule has 126 valence electrons. The first-order valence-corrected chi connectivity index (χ1v) is 9.07. The summed E-state index contributed by atoms with van der Waals surface area (Å²) in [6.07, 6.45) is 5.43. The van der Waals surface area contributed by atoms with Gasteiger partial charge in [0.25, 0.3) is 0 Å². The number of rotatable bonds is 6. The van der Waals surface area contributed by atoms with Gasteiger partial charge < -0.3 is 10.6 Å². The predicted octanol–water partition coefficient (Wildman–Crippen LogP) is 2.47. The molecule has 3 rings (SSSR count). The number of amides is 1. The van der Waals surface area contributed by atoms with Gasteiger partial charge in [0.2, 0.25) is 5.91 Å². The van der Waals surface area contributed by atoms with Crippen LogP contribution in [0.4, 0.5) is 0 Å². The summed E-state index contributed by atoms with van der Waals surface area (Å²) in [4.78, 5) is 15.3. The van der Waals surface area contributed by atoms with E-state index in [9.17, 15) is 4.79 Å². The van der Waals surface area contributed by atoms with Crippen molar-refractivity contribution in [2.45, 2.75) is 50.6 Å². The third kappa shape index (κ3) is 3.59. The van der Waals surface area contributed by atoms with Crippen LogP contribution in [0.5, 0.6) is 0 Å². The summed E-state index contributed by atoms with van der Waals surface area (Å²) in [5.74, 6) is 0.178. The third-order valence-corrected chi connectivity index (χ3v) is 5.50. The summed E-state index contributed by atoms with van der Waals surface area (Å²) in [5, 5.41) is 6.68. The molecule has 2 aliphatic heterocycles. The summed E-state index contributed by atoms with van der Waals surface area (Å²) in [6, 6.07) is 10.9. The zero-order chi connectivity index (χ0) is 16.1. The molecule has 2 atom stereocenters. The normalized spacial score (nSPS) is 26.3. The van der Waals surface area contributed by atoms with Crippen molar-refractivity contribution in [2.75, 3.05) is 26.2 Å². The largest absolute Gasteiger partial charge is 0.353 e. The molecular weight excluding hydrogens is 286 g/mol. The zero-order valence-electron chi connectivity index (χ0n) is 14.2. The smallest absolute Gasteiger partial charge is 0.240 e. The van der Waals surface area contributed by atoms with Gasteiger partial charge in [0.15, 0.2) is 0 Å². The molecule has 0 radical (unpaired) electrons. The van der Waals surface area contributed by atoms with Crippen molar-refractivity contribution in [3.05, 3.63) is 35.9 Å². The van der Waals surface area contributed by atoms with Crippen LogP contribution in [0.25, 0.3) is 0 Å². The van der Waals surface area contributed by atoms with Crippen LogP contribution in [0.15, 0.2) is 30.3 Å². The zero-order valence-corrected chi connectivity index (χ0v) is 14.2. The van der Waals surface area contributed by atoms with Crippen molar-refractivity contribution in [1.82, 2.24) is 15.5 Å². The van der Waals surface area contributed by atoms with Gasteiger partial charge in [-0.1, -0.05) is 37.3 Å². The Bertz CT molecular complexity index is 505. The number of carbonyl (C=O) groups is 1. The molecule has 0 saturated carbocycles. The molecule has 0 spiro atoms. The highest BCUT2D eigenvalue weighted by Gasteiger charge is 2.39. The van der Waals surface area contributed by atoms with Crippen LogP contribution >= 0.6 is 0 Å². The Morgan fingerprint density at radius 2 is 2.00 bits per heavy atom. The number of hydrogen-bond donors (Lipinski definition) is 2. The topological polar surface area (TPSA) is 44.4 Å². The number of nitrogens with zero attached hydrogens (tertiary/aromatic N) is 1. The summed E-state index contributed by atoms with van der Waals surface area (Å²) in [5.41, 5.74) is 0.964. The Balaban J connectivity index is 1.68. The quantitative estimate of drug-likeness (QED) is 0.847. The predicted molar refractivity (Wildman–Crippen MR) is 93.3 cm³/mol. The van der Waals surface area contributed by atoms with E-state index in [1.165, 1.54) is 18.4 Å². The van der Waals surface area contributed by atoms with Gasteiger partial charge in [0, 0.05) is 6.54 Å². The van der Waals surface area contributed by atoms with Crippen molar-refractivity contribution < 1.29 is 4.79 Å². The Morgan fingerprint density at radius 3 is 2.61 bits per heavy atom. The van der Waals surface area contributed by atoms with Crippen molar-refractivity contribution in [1.29, 1.82) is 0 Å². The fourth-order valence-electron chi connectivity index (χ4n) is 4.01. The first-order valence-electron chi connectivity index (χ1n) is 9.07. The second-order valence-corrected chi connectivity index (χ2v) is 6.85. The molecule has 2 N–H and O–H groups in total. The van der Waals surface area contributed by atoms with E-state index in [0.717, 1.165) is 38.9 Å². The van der Waals surface area contributed by atoms with Crippen molar-refractivity contribution >= 4 is 5.91 Å². The van der Waals surface area contributed by atoms with E-state index in [4.69, 9.17) is 0 Å². The minimum Gasteiger partial charge on any atom is -0.353 e. The maximum Gasteiger partial charge on any atom is 0.240 e. The molecule has 2 fully saturated rings. The summed E-state index contributed by atoms with van der Waals surface area (Å²) in [6.45, 7) is 6.02. The highest BCUT2D eigenvalue weighted by atomic mass is 16.2. The van der Waals surface area contributed by atoms with E-state index in [0.29, 0.717) is 6.54 Å². The standard InChI is InChI=1S/C19H29N3O/c1-2-19(11-8-12-21-19)18(23)20-15-17(22-13-6-7-14-22)16-9-4-3-5-10-16/h3-5,9-10,17,21H,2,6-8,11-15H2,1H3,(H,20,23). The lowest BCUT2D eigenvalue weighted by atomic mass is 9.93. The van der Waals surface area contributed by atoms with E-state index in [1.54, 1.807) is 0 Å². The van der Waals surface area contributed by atoms with E-state index in [1.807, 2.05) is 0 Å². The van der Waals surface area contributed by atoms with Crippen LogP contribution in [0.2, 0.25) is 0 Å². The lowest BCUT2D eigenvalue weighted by Gasteiger charge is -2.31. The van der Waals surface area contributed by atoms with Gasteiger partial charge in [0.05, 0.1) is 11.6 Å². The minimum atomic E-state index is -0.341. The molecule has 1 amide bonds. The second-order valence-electron chi connectivity index (χ2n) is 6.85.